The minimum atomic E-state index is 0.580. The van der Waals surface area contributed by atoms with Gasteiger partial charge in [-0.05, 0) is 66.7 Å². The molecule has 0 saturated carbocycles. The number of furan rings is 1. The summed E-state index contributed by atoms with van der Waals surface area (Å²) in [6.07, 6.45) is 0. The van der Waals surface area contributed by atoms with Crippen LogP contribution in [-0.4, -0.2) is 9.13 Å². The highest BCUT2D eigenvalue weighted by atomic mass is 16.3. The summed E-state index contributed by atoms with van der Waals surface area (Å²) < 4.78 is 11.2. The number of nitrogens with zero attached hydrogens (tertiary/aromatic N) is 4. The molecule has 0 unspecified atom stereocenters. The van der Waals surface area contributed by atoms with Crippen LogP contribution in [0.4, 0.5) is 0 Å². The third kappa shape index (κ3) is 3.14. The van der Waals surface area contributed by atoms with E-state index in [9.17, 15) is 10.5 Å². The highest BCUT2D eigenvalue weighted by Gasteiger charge is 2.21. The van der Waals surface area contributed by atoms with Gasteiger partial charge in [0.05, 0.1) is 62.1 Å². The maximum absolute atomic E-state index is 9.64. The third-order valence-corrected chi connectivity index (χ3v) is 8.57. The van der Waals surface area contributed by atoms with E-state index in [2.05, 4.69) is 94.1 Å². The Morgan fingerprint density at radius 3 is 1.60 bits per heavy atom. The summed E-state index contributed by atoms with van der Waals surface area (Å²) in [5.41, 5.74) is 8.90. The van der Waals surface area contributed by atoms with Crippen LogP contribution in [0.1, 0.15) is 11.1 Å². The van der Waals surface area contributed by atoms with Crippen molar-refractivity contribution in [3.05, 3.63) is 132 Å². The van der Waals surface area contributed by atoms with Crippen LogP contribution in [0.25, 0.3) is 76.9 Å². The molecule has 9 rings (SSSR count). The van der Waals surface area contributed by atoms with Crippen LogP contribution >= 0.6 is 0 Å². The van der Waals surface area contributed by atoms with Crippen molar-refractivity contribution in [2.24, 2.45) is 0 Å². The van der Waals surface area contributed by atoms with Crippen molar-refractivity contribution in [1.82, 2.24) is 9.13 Å². The summed E-state index contributed by atoms with van der Waals surface area (Å²) in [7, 11) is 0. The smallest absolute Gasteiger partial charge is 0.159 e. The number of nitriles is 2. The van der Waals surface area contributed by atoms with E-state index in [1.165, 1.54) is 10.8 Å². The molecule has 5 heteroatoms. The number of hydrogen-bond acceptors (Lipinski definition) is 3. The van der Waals surface area contributed by atoms with Crippen LogP contribution in [0.5, 0.6) is 0 Å². The Labute approximate surface area is 245 Å². The third-order valence-electron chi connectivity index (χ3n) is 8.57. The normalized spacial score (nSPS) is 11.7. The average molecular weight is 549 g/mol. The van der Waals surface area contributed by atoms with Gasteiger partial charge in [-0.1, -0.05) is 54.6 Å². The number of aromatic nitrogens is 2. The topological polar surface area (TPSA) is 70.6 Å². The molecule has 0 fully saturated rings. The second kappa shape index (κ2) is 8.60. The van der Waals surface area contributed by atoms with E-state index in [1.54, 1.807) is 0 Å². The standard InChI is InChI=1S/C38H20N4O/c39-21-23-15-17-32-28(19-23)29-20-24(22-40)16-18-33(29)41(32)34-12-6-14-36-37(34)27-9-5-13-35(38(27)43-36)42-30-10-3-1-7-25(30)26-8-2-4-11-31(26)42/h1-20H. The fourth-order valence-corrected chi connectivity index (χ4v) is 6.78. The van der Waals surface area contributed by atoms with Crippen molar-refractivity contribution in [2.75, 3.05) is 0 Å². The Morgan fingerprint density at radius 1 is 0.465 bits per heavy atom. The molecule has 3 heterocycles. The first-order valence-corrected chi connectivity index (χ1v) is 14.1. The van der Waals surface area contributed by atoms with Gasteiger partial charge < -0.3 is 13.6 Å². The van der Waals surface area contributed by atoms with Crippen LogP contribution in [0.15, 0.2) is 126 Å². The first-order valence-electron chi connectivity index (χ1n) is 14.1. The summed E-state index contributed by atoms with van der Waals surface area (Å²) in [5.74, 6) is 0. The fourth-order valence-electron chi connectivity index (χ4n) is 6.78. The molecule has 3 aromatic heterocycles. The molecule has 43 heavy (non-hydrogen) atoms. The molecular weight excluding hydrogens is 528 g/mol. The van der Waals surface area contributed by atoms with E-state index in [0.717, 1.165) is 66.2 Å². The summed E-state index contributed by atoms with van der Waals surface area (Å²) >= 11 is 0. The van der Waals surface area contributed by atoms with Crippen molar-refractivity contribution in [1.29, 1.82) is 10.5 Å². The molecule has 0 aliphatic heterocycles. The second-order valence-corrected chi connectivity index (χ2v) is 10.8. The van der Waals surface area contributed by atoms with E-state index in [0.29, 0.717) is 11.1 Å². The second-order valence-electron chi connectivity index (χ2n) is 10.8. The highest BCUT2D eigenvalue weighted by molar-refractivity contribution is 6.17. The number of fused-ring (bicyclic) bond motifs is 9. The lowest BCUT2D eigenvalue weighted by Gasteiger charge is -2.10. The molecule has 6 aromatic carbocycles. The lowest BCUT2D eigenvalue weighted by Crippen LogP contribution is -1.95. The minimum absolute atomic E-state index is 0.580. The molecule has 0 bridgehead atoms. The Balaban J connectivity index is 1.40. The predicted octanol–water partition coefficient (Wildman–Crippen LogP) is 9.52. The number of rotatable bonds is 2. The Bertz CT molecular complexity index is 2580. The summed E-state index contributed by atoms with van der Waals surface area (Å²) in [6, 6.07) is 45.5. The van der Waals surface area contributed by atoms with Gasteiger partial charge in [0, 0.05) is 26.9 Å². The van der Waals surface area contributed by atoms with Crippen molar-refractivity contribution < 1.29 is 4.42 Å². The van der Waals surface area contributed by atoms with Gasteiger partial charge in [0.2, 0.25) is 0 Å². The Hall–Kier alpha value is -6.30. The van der Waals surface area contributed by atoms with E-state index >= 15 is 0 Å². The van der Waals surface area contributed by atoms with E-state index < -0.39 is 0 Å². The zero-order valence-corrected chi connectivity index (χ0v) is 22.7. The van der Waals surface area contributed by atoms with Crippen molar-refractivity contribution >= 4 is 65.6 Å². The first-order chi connectivity index (χ1) is 21.2. The van der Waals surface area contributed by atoms with E-state index in [-0.39, 0.29) is 0 Å². The Morgan fingerprint density at radius 2 is 0.977 bits per heavy atom. The van der Waals surface area contributed by atoms with Gasteiger partial charge in [-0.25, -0.2) is 0 Å². The fraction of sp³-hybridized carbons (Fsp3) is 0. The summed E-state index contributed by atoms with van der Waals surface area (Å²) in [6.45, 7) is 0. The number of para-hydroxylation sites is 3. The van der Waals surface area contributed by atoms with Gasteiger partial charge in [0.1, 0.15) is 5.58 Å². The molecule has 0 atom stereocenters. The zero-order valence-electron chi connectivity index (χ0n) is 22.7. The molecule has 198 valence electrons. The van der Waals surface area contributed by atoms with Crippen LogP contribution < -0.4 is 0 Å². The SMILES string of the molecule is N#Cc1ccc2c(c1)c1cc(C#N)ccc1n2-c1cccc2oc3c(-n4c5ccccc5c5ccccc54)cccc3c12. The van der Waals surface area contributed by atoms with Crippen LogP contribution in [0.3, 0.4) is 0 Å². The molecule has 0 N–H and O–H groups in total. The maximum Gasteiger partial charge on any atom is 0.159 e. The van der Waals surface area contributed by atoms with Gasteiger partial charge in [0.15, 0.2) is 5.58 Å². The molecular formula is C38H20N4O. The molecule has 5 nitrogen and oxygen atoms in total. The molecule has 0 spiro atoms. The van der Waals surface area contributed by atoms with Gasteiger partial charge in [-0.15, -0.1) is 0 Å². The quantitative estimate of drug-likeness (QED) is 0.216. The van der Waals surface area contributed by atoms with Gasteiger partial charge in [0.25, 0.3) is 0 Å². The predicted molar refractivity (Wildman–Crippen MR) is 172 cm³/mol. The van der Waals surface area contributed by atoms with Gasteiger partial charge in [-0.3, -0.25) is 0 Å². The zero-order chi connectivity index (χ0) is 28.7. The molecule has 0 aliphatic carbocycles. The van der Waals surface area contributed by atoms with Crippen molar-refractivity contribution in [3.63, 3.8) is 0 Å². The van der Waals surface area contributed by atoms with Crippen LogP contribution in [0, 0.1) is 22.7 Å². The molecule has 0 aliphatic rings. The minimum Gasteiger partial charge on any atom is -0.454 e. The average Bonchev–Trinajstić information content (AvgIpc) is 3.72. The number of hydrogen-bond donors (Lipinski definition) is 0. The van der Waals surface area contributed by atoms with Crippen molar-refractivity contribution in [3.8, 4) is 23.5 Å². The molecule has 0 amide bonds. The van der Waals surface area contributed by atoms with E-state index in [1.807, 2.05) is 48.5 Å². The van der Waals surface area contributed by atoms with E-state index in [4.69, 9.17) is 4.42 Å². The van der Waals surface area contributed by atoms with Crippen molar-refractivity contribution in [2.45, 2.75) is 0 Å². The van der Waals surface area contributed by atoms with Gasteiger partial charge in [-0.2, -0.15) is 10.5 Å². The first kappa shape index (κ1) is 23.4. The number of benzene rings is 6. The summed E-state index contributed by atoms with van der Waals surface area (Å²) in [4.78, 5) is 0. The summed E-state index contributed by atoms with van der Waals surface area (Å²) in [5, 5.41) is 25.6. The lowest BCUT2D eigenvalue weighted by molar-refractivity contribution is 0.666. The lowest BCUT2D eigenvalue weighted by atomic mass is 10.1. The van der Waals surface area contributed by atoms with Crippen LogP contribution in [0.2, 0.25) is 0 Å². The van der Waals surface area contributed by atoms with Crippen LogP contribution in [-0.2, 0) is 0 Å². The molecule has 0 radical (unpaired) electrons. The highest BCUT2D eigenvalue weighted by Crippen LogP contribution is 2.42. The Kier molecular flexibility index (Phi) is 4.68. The molecule has 9 aromatic rings. The molecule has 0 saturated heterocycles. The monoisotopic (exact) mass is 548 g/mol. The van der Waals surface area contributed by atoms with Gasteiger partial charge >= 0.3 is 0 Å². The largest absolute Gasteiger partial charge is 0.454 e. The maximum atomic E-state index is 9.64.